The fourth-order valence-electron chi connectivity index (χ4n) is 2.02. The highest BCUT2D eigenvalue weighted by atomic mass is 79.9. The lowest BCUT2D eigenvalue weighted by atomic mass is 10.2. The minimum atomic E-state index is -0.507. The van der Waals surface area contributed by atoms with E-state index in [2.05, 4.69) is 20.7 Å². The fourth-order valence-corrected chi connectivity index (χ4v) is 3.25. The van der Waals surface area contributed by atoms with Crippen molar-refractivity contribution in [2.45, 2.75) is 13.3 Å². The second kappa shape index (κ2) is 8.34. The van der Waals surface area contributed by atoms with Crippen LogP contribution in [-0.2, 0) is 14.3 Å². The fraction of sp³-hybridized carbons (Fsp3) is 0.312. The number of ether oxygens (including phenoxy) is 2. The number of esters is 1. The predicted octanol–water partition coefficient (Wildman–Crippen LogP) is 3.45. The van der Waals surface area contributed by atoms with Gasteiger partial charge in [-0.25, -0.2) is 4.79 Å². The summed E-state index contributed by atoms with van der Waals surface area (Å²) in [5.41, 5.74) is 0.593. The van der Waals surface area contributed by atoms with Gasteiger partial charge in [0.2, 0.25) is 0 Å². The SMILES string of the molecule is CCCN1C(=O)S/C(=C/c2cc(Br)ccc2OCC(=O)OC)C1=O. The molecule has 1 aliphatic rings. The third-order valence-corrected chi connectivity index (χ3v) is 4.55. The van der Waals surface area contributed by atoms with E-state index in [9.17, 15) is 14.4 Å². The van der Waals surface area contributed by atoms with Crippen LogP contribution in [0.5, 0.6) is 5.75 Å². The molecule has 1 fully saturated rings. The number of methoxy groups -OCH3 is 1. The molecule has 2 amide bonds. The Balaban J connectivity index is 2.28. The van der Waals surface area contributed by atoms with Crippen LogP contribution < -0.4 is 4.74 Å². The van der Waals surface area contributed by atoms with Crippen LogP contribution in [0.25, 0.3) is 6.08 Å². The maximum absolute atomic E-state index is 12.3. The van der Waals surface area contributed by atoms with Crippen LogP contribution in [0.4, 0.5) is 4.79 Å². The summed E-state index contributed by atoms with van der Waals surface area (Å²) in [5.74, 6) is -0.399. The summed E-state index contributed by atoms with van der Waals surface area (Å²) >= 11 is 4.25. The Hall–Kier alpha value is -1.80. The van der Waals surface area contributed by atoms with Gasteiger partial charge in [0.15, 0.2) is 6.61 Å². The van der Waals surface area contributed by atoms with Crippen LogP contribution in [0.1, 0.15) is 18.9 Å². The Morgan fingerprint density at radius 3 is 2.79 bits per heavy atom. The summed E-state index contributed by atoms with van der Waals surface area (Å²) in [7, 11) is 1.28. The van der Waals surface area contributed by atoms with E-state index in [1.54, 1.807) is 24.3 Å². The summed E-state index contributed by atoms with van der Waals surface area (Å²) in [6.07, 6.45) is 2.30. The van der Waals surface area contributed by atoms with Gasteiger partial charge >= 0.3 is 5.97 Å². The molecular weight excluding hydrogens is 398 g/mol. The van der Waals surface area contributed by atoms with Crippen molar-refractivity contribution in [1.82, 2.24) is 4.90 Å². The minimum absolute atomic E-state index is 0.240. The molecule has 0 N–H and O–H groups in total. The number of benzene rings is 1. The first-order valence-electron chi connectivity index (χ1n) is 7.20. The van der Waals surface area contributed by atoms with Gasteiger partial charge in [0.25, 0.3) is 11.1 Å². The van der Waals surface area contributed by atoms with E-state index in [1.807, 2.05) is 6.92 Å². The molecule has 1 heterocycles. The summed E-state index contributed by atoms with van der Waals surface area (Å²) in [6, 6.07) is 5.18. The Labute approximate surface area is 152 Å². The molecule has 0 radical (unpaired) electrons. The van der Waals surface area contributed by atoms with E-state index >= 15 is 0 Å². The van der Waals surface area contributed by atoms with Crippen molar-refractivity contribution >= 4 is 50.9 Å². The van der Waals surface area contributed by atoms with Crippen molar-refractivity contribution in [2.75, 3.05) is 20.3 Å². The summed E-state index contributed by atoms with van der Waals surface area (Å²) in [5, 5.41) is -0.278. The van der Waals surface area contributed by atoms with E-state index in [0.717, 1.165) is 16.2 Å². The third kappa shape index (κ3) is 4.39. The van der Waals surface area contributed by atoms with Crippen molar-refractivity contribution in [2.24, 2.45) is 0 Å². The standard InChI is InChI=1S/C16H16BrNO5S/c1-3-6-18-15(20)13(24-16(18)21)8-10-7-11(17)4-5-12(10)23-9-14(19)22-2/h4-5,7-8H,3,6,9H2,1-2H3/b13-8+. The first-order chi connectivity index (χ1) is 11.5. The van der Waals surface area contributed by atoms with Crippen molar-refractivity contribution < 1.29 is 23.9 Å². The van der Waals surface area contributed by atoms with Crippen molar-refractivity contribution in [3.05, 3.63) is 33.1 Å². The molecule has 1 aromatic carbocycles. The van der Waals surface area contributed by atoms with Gasteiger partial charge in [-0.15, -0.1) is 0 Å². The van der Waals surface area contributed by atoms with Crippen molar-refractivity contribution in [3.63, 3.8) is 0 Å². The normalized spacial score (nSPS) is 16.0. The number of carbonyl (C=O) groups is 3. The lowest BCUT2D eigenvalue weighted by Gasteiger charge is -2.10. The molecule has 0 atom stereocenters. The van der Waals surface area contributed by atoms with Gasteiger partial charge < -0.3 is 9.47 Å². The number of amides is 2. The molecule has 0 unspecified atom stereocenters. The average Bonchev–Trinajstić information content (AvgIpc) is 2.81. The monoisotopic (exact) mass is 413 g/mol. The number of halogens is 1. The van der Waals surface area contributed by atoms with Gasteiger partial charge in [-0.2, -0.15) is 0 Å². The Morgan fingerprint density at radius 2 is 2.12 bits per heavy atom. The van der Waals surface area contributed by atoms with Gasteiger partial charge in [0.05, 0.1) is 12.0 Å². The highest BCUT2D eigenvalue weighted by Crippen LogP contribution is 2.34. The van der Waals surface area contributed by atoms with E-state index in [-0.39, 0.29) is 17.8 Å². The molecule has 6 nitrogen and oxygen atoms in total. The van der Waals surface area contributed by atoms with Crippen LogP contribution >= 0.6 is 27.7 Å². The van der Waals surface area contributed by atoms with E-state index in [1.165, 1.54) is 12.0 Å². The quantitative estimate of drug-likeness (QED) is 0.525. The molecule has 1 saturated heterocycles. The lowest BCUT2D eigenvalue weighted by Crippen LogP contribution is -2.28. The molecule has 0 spiro atoms. The van der Waals surface area contributed by atoms with Gasteiger partial charge in [-0.1, -0.05) is 22.9 Å². The van der Waals surface area contributed by atoms with Crippen molar-refractivity contribution in [3.8, 4) is 5.75 Å². The molecule has 2 rings (SSSR count). The van der Waals surface area contributed by atoms with Crippen LogP contribution in [0.3, 0.4) is 0 Å². The molecule has 0 bridgehead atoms. The number of carbonyl (C=O) groups excluding carboxylic acids is 3. The van der Waals surface area contributed by atoms with Gasteiger partial charge in [-0.3, -0.25) is 14.5 Å². The number of imide groups is 1. The van der Waals surface area contributed by atoms with E-state index in [4.69, 9.17) is 4.74 Å². The average molecular weight is 414 g/mol. The lowest BCUT2D eigenvalue weighted by molar-refractivity contribution is -0.142. The maximum Gasteiger partial charge on any atom is 0.343 e. The molecular formula is C16H16BrNO5S. The van der Waals surface area contributed by atoms with Gasteiger partial charge in [0, 0.05) is 16.6 Å². The number of hydrogen-bond acceptors (Lipinski definition) is 6. The number of thioether (sulfide) groups is 1. The topological polar surface area (TPSA) is 72.9 Å². The smallest absolute Gasteiger partial charge is 0.343 e. The first-order valence-corrected chi connectivity index (χ1v) is 8.81. The summed E-state index contributed by atoms with van der Waals surface area (Å²) in [6.45, 7) is 2.06. The molecule has 0 saturated carbocycles. The number of nitrogens with zero attached hydrogens (tertiary/aromatic N) is 1. The molecule has 0 aliphatic carbocycles. The van der Waals surface area contributed by atoms with Crippen LogP contribution in [0.15, 0.2) is 27.6 Å². The first kappa shape index (κ1) is 18.5. The van der Waals surface area contributed by atoms with Crippen LogP contribution in [0, 0.1) is 0 Å². The second-order valence-electron chi connectivity index (χ2n) is 4.88. The highest BCUT2D eigenvalue weighted by molar-refractivity contribution is 9.10. The van der Waals surface area contributed by atoms with Gasteiger partial charge in [0.1, 0.15) is 5.75 Å². The molecule has 8 heteroatoms. The van der Waals surface area contributed by atoms with Crippen molar-refractivity contribution in [1.29, 1.82) is 0 Å². The zero-order chi connectivity index (χ0) is 17.7. The Morgan fingerprint density at radius 1 is 1.38 bits per heavy atom. The largest absolute Gasteiger partial charge is 0.481 e. The number of rotatable bonds is 6. The van der Waals surface area contributed by atoms with Crippen LogP contribution in [-0.4, -0.2) is 42.3 Å². The zero-order valence-electron chi connectivity index (χ0n) is 13.2. The maximum atomic E-state index is 12.3. The number of hydrogen-bond donors (Lipinski definition) is 0. The molecule has 128 valence electrons. The van der Waals surface area contributed by atoms with E-state index < -0.39 is 5.97 Å². The van der Waals surface area contributed by atoms with Gasteiger partial charge in [-0.05, 0) is 42.5 Å². The second-order valence-corrected chi connectivity index (χ2v) is 6.79. The zero-order valence-corrected chi connectivity index (χ0v) is 15.6. The third-order valence-electron chi connectivity index (χ3n) is 3.15. The minimum Gasteiger partial charge on any atom is -0.481 e. The molecule has 0 aromatic heterocycles. The molecule has 24 heavy (non-hydrogen) atoms. The van der Waals surface area contributed by atoms with E-state index in [0.29, 0.717) is 29.2 Å². The molecule has 1 aliphatic heterocycles. The summed E-state index contributed by atoms with van der Waals surface area (Å²) in [4.78, 5) is 37.0. The Kier molecular flexibility index (Phi) is 6.44. The predicted molar refractivity (Wildman–Crippen MR) is 94.6 cm³/mol. The Bertz CT molecular complexity index is 704. The molecule has 1 aromatic rings. The highest BCUT2D eigenvalue weighted by Gasteiger charge is 2.34. The van der Waals surface area contributed by atoms with Crippen LogP contribution in [0.2, 0.25) is 0 Å². The summed E-state index contributed by atoms with van der Waals surface area (Å²) < 4.78 is 10.8.